The van der Waals surface area contributed by atoms with E-state index in [0.717, 1.165) is 38.8 Å². The van der Waals surface area contributed by atoms with Crippen molar-refractivity contribution >= 4 is 17.8 Å². The van der Waals surface area contributed by atoms with Gasteiger partial charge in [0.25, 0.3) is 0 Å². The van der Waals surface area contributed by atoms with Crippen LogP contribution in [0.15, 0.2) is 0 Å². The first-order valence-corrected chi connectivity index (χ1v) is 8.32. The zero-order chi connectivity index (χ0) is 16.8. The second-order valence-electron chi connectivity index (χ2n) is 6.34. The van der Waals surface area contributed by atoms with E-state index in [1.54, 1.807) is 4.90 Å². The number of carbonyl (C=O) groups is 3. The van der Waals surface area contributed by atoms with Crippen molar-refractivity contribution in [2.75, 3.05) is 33.3 Å². The summed E-state index contributed by atoms with van der Waals surface area (Å²) in [4.78, 5) is 38.2. The van der Waals surface area contributed by atoms with E-state index >= 15 is 0 Å². The molecule has 0 spiro atoms. The number of amides is 1. The minimum absolute atomic E-state index is 0.0222. The van der Waals surface area contributed by atoms with Crippen LogP contribution in [-0.2, 0) is 19.1 Å². The molecule has 0 aromatic carbocycles. The number of carbonyl (C=O) groups excluding carboxylic acids is 2. The summed E-state index contributed by atoms with van der Waals surface area (Å²) in [6.07, 6.45) is 3.50. The molecule has 0 atom stereocenters. The van der Waals surface area contributed by atoms with E-state index in [2.05, 4.69) is 4.90 Å². The Hall–Kier alpha value is -1.63. The number of carboxylic acids is 1. The Kier molecular flexibility index (Phi) is 6.38. The highest BCUT2D eigenvalue weighted by Crippen LogP contribution is 2.24. The van der Waals surface area contributed by atoms with Crippen LogP contribution in [0.4, 0.5) is 0 Å². The van der Waals surface area contributed by atoms with Gasteiger partial charge in [-0.1, -0.05) is 0 Å². The Balaban J connectivity index is 1.72. The van der Waals surface area contributed by atoms with Crippen molar-refractivity contribution in [2.45, 2.75) is 44.6 Å². The van der Waals surface area contributed by atoms with Gasteiger partial charge in [-0.2, -0.15) is 0 Å². The molecule has 0 saturated carbocycles. The molecule has 23 heavy (non-hydrogen) atoms. The molecule has 2 aliphatic heterocycles. The largest absolute Gasteiger partial charge is 0.481 e. The molecule has 0 aromatic heterocycles. The molecule has 2 rings (SSSR count). The molecule has 0 unspecified atom stereocenters. The molecule has 7 nitrogen and oxygen atoms in total. The van der Waals surface area contributed by atoms with E-state index in [1.807, 2.05) is 0 Å². The second-order valence-corrected chi connectivity index (χ2v) is 6.34. The van der Waals surface area contributed by atoms with Gasteiger partial charge in [0.15, 0.2) is 0 Å². The Morgan fingerprint density at radius 1 is 1.00 bits per heavy atom. The maximum Gasteiger partial charge on any atom is 0.308 e. The van der Waals surface area contributed by atoms with Crippen molar-refractivity contribution in [3.05, 3.63) is 0 Å². The molecule has 2 saturated heterocycles. The Morgan fingerprint density at radius 2 is 1.61 bits per heavy atom. The first-order chi connectivity index (χ1) is 11.0. The smallest absolute Gasteiger partial charge is 0.308 e. The molecule has 0 bridgehead atoms. The van der Waals surface area contributed by atoms with Crippen LogP contribution in [0.25, 0.3) is 0 Å². The molecule has 0 radical (unpaired) electrons. The topological polar surface area (TPSA) is 87.2 Å². The quantitative estimate of drug-likeness (QED) is 0.749. The molecule has 1 amide bonds. The number of carboxylic acid groups (broad SMARTS) is 1. The third-order valence-corrected chi connectivity index (χ3v) is 4.95. The predicted octanol–water partition coefficient (Wildman–Crippen LogP) is 0.727. The molecule has 2 heterocycles. The Bertz CT molecular complexity index is 438. The van der Waals surface area contributed by atoms with E-state index in [1.165, 1.54) is 7.11 Å². The van der Waals surface area contributed by atoms with Crippen LogP contribution in [0.1, 0.15) is 38.5 Å². The third kappa shape index (κ3) is 4.92. The maximum absolute atomic E-state index is 11.9. The summed E-state index contributed by atoms with van der Waals surface area (Å²) in [5.74, 6) is -1.07. The van der Waals surface area contributed by atoms with E-state index in [4.69, 9.17) is 9.84 Å². The van der Waals surface area contributed by atoms with E-state index in [0.29, 0.717) is 19.1 Å². The Labute approximate surface area is 136 Å². The van der Waals surface area contributed by atoms with E-state index in [-0.39, 0.29) is 30.6 Å². The van der Waals surface area contributed by atoms with Crippen LogP contribution >= 0.6 is 0 Å². The van der Waals surface area contributed by atoms with Gasteiger partial charge in [-0.15, -0.1) is 0 Å². The number of likely N-dealkylation sites (tertiary alicyclic amines) is 2. The van der Waals surface area contributed by atoms with Crippen LogP contribution in [0.5, 0.6) is 0 Å². The van der Waals surface area contributed by atoms with Crippen LogP contribution in [0.3, 0.4) is 0 Å². The van der Waals surface area contributed by atoms with Gasteiger partial charge in [-0.3, -0.25) is 14.4 Å². The molecule has 2 fully saturated rings. The SMILES string of the molecule is COC(=O)C1CCN(C2CCN(C(=O)CCC(=O)O)CC2)CC1. The lowest BCUT2D eigenvalue weighted by molar-refractivity contribution is -0.147. The summed E-state index contributed by atoms with van der Waals surface area (Å²) >= 11 is 0. The average Bonchev–Trinajstić information content (AvgIpc) is 2.59. The second kappa shape index (κ2) is 8.29. The average molecular weight is 326 g/mol. The zero-order valence-electron chi connectivity index (χ0n) is 13.7. The summed E-state index contributed by atoms with van der Waals surface area (Å²) in [6.45, 7) is 3.19. The third-order valence-electron chi connectivity index (χ3n) is 4.95. The summed E-state index contributed by atoms with van der Waals surface area (Å²) < 4.78 is 4.81. The number of esters is 1. The summed E-state index contributed by atoms with van der Waals surface area (Å²) in [6, 6.07) is 0.456. The minimum atomic E-state index is -0.929. The van der Waals surface area contributed by atoms with Crippen LogP contribution in [0, 0.1) is 5.92 Å². The number of ether oxygens (including phenoxy) is 1. The van der Waals surface area contributed by atoms with E-state index < -0.39 is 5.97 Å². The van der Waals surface area contributed by atoms with Gasteiger partial charge in [0, 0.05) is 25.6 Å². The first-order valence-electron chi connectivity index (χ1n) is 8.32. The highest BCUT2D eigenvalue weighted by Gasteiger charge is 2.31. The lowest BCUT2D eigenvalue weighted by Gasteiger charge is -2.41. The van der Waals surface area contributed by atoms with Crippen molar-refractivity contribution in [3.63, 3.8) is 0 Å². The molecular weight excluding hydrogens is 300 g/mol. The van der Waals surface area contributed by atoms with Crippen molar-refractivity contribution < 1.29 is 24.2 Å². The number of rotatable bonds is 5. The molecular formula is C16H26N2O5. The monoisotopic (exact) mass is 326 g/mol. The highest BCUT2D eigenvalue weighted by atomic mass is 16.5. The maximum atomic E-state index is 11.9. The van der Waals surface area contributed by atoms with Gasteiger partial charge < -0.3 is 19.6 Å². The molecule has 130 valence electrons. The molecule has 2 aliphatic rings. The van der Waals surface area contributed by atoms with Gasteiger partial charge in [-0.05, 0) is 38.8 Å². The molecule has 0 aliphatic carbocycles. The van der Waals surface area contributed by atoms with Gasteiger partial charge in [0.2, 0.25) is 5.91 Å². The fourth-order valence-corrected chi connectivity index (χ4v) is 3.52. The first kappa shape index (κ1) is 17.7. The van der Waals surface area contributed by atoms with Crippen molar-refractivity contribution in [1.82, 2.24) is 9.80 Å². The Morgan fingerprint density at radius 3 is 2.13 bits per heavy atom. The number of methoxy groups -OCH3 is 1. The number of aliphatic carboxylic acids is 1. The molecule has 1 N–H and O–H groups in total. The summed E-state index contributed by atoms with van der Waals surface area (Å²) in [5.41, 5.74) is 0. The van der Waals surface area contributed by atoms with Crippen LogP contribution in [0.2, 0.25) is 0 Å². The van der Waals surface area contributed by atoms with Crippen molar-refractivity contribution in [2.24, 2.45) is 5.92 Å². The normalized spacial score (nSPS) is 21.2. The van der Waals surface area contributed by atoms with Crippen molar-refractivity contribution in [3.8, 4) is 0 Å². The zero-order valence-corrected chi connectivity index (χ0v) is 13.7. The predicted molar refractivity (Wildman–Crippen MR) is 82.8 cm³/mol. The van der Waals surface area contributed by atoms with E-state index in [9.17, 15) is 14.4 Å². The number of hydrogen-bond acceptors (Lipinski definition) is 5. The molecule has 7 heteroatoms. The van der Waals surface area contributed by atoms with Crippen molar-refractivity contribution in [1.29, 1.82) is 0 Å². The number of piperidine rings is 2. The van der Waals surface area contributed by atoms with Gasteiger partial charge in [-0.25, -0.2) is 0 Å². The fourth-order valence-electron chi connectivity index (χ4n) is 3.52. The fraction of sp³-hybridized carbons (Fsp3) is 0.812. The van der Waals surface area contributed by atoms with Gasteiger partial charge >= 0.3 is 11.9 Å². The lowest BCUT2D eigenvalue weighted by atomic mass is 9.93. The lowest BCUT2D eigenvalue weighted by Crippen LogP contribution is -2.49. The highest BCUT2D eigenvalue weighted by molar-refractivity contribution is 5.80. The van der Waals surface area contributed by atoms with Gasteiger partial charge in [0.05, 0.1) is 19.4 Å². The summed E-state index contributed by atoms with van der Waals surface area (Å²) in [7, 11) is 1.44. The number of nitrogens with zero attached hydrogens (tertiary/aromatic N) is 2. The standard InChI is InChI=1S/C16H26N2O5/c1-23-16(22)12-4-8-17(9-5-12)13-6-10-18(11-7-13)14(19)2-3-15(20)21/h12-13H,2-11H2,1H3,(H,20,21). The van der Waals surface area contributed by atoms with Gasteiger partial charge in [0.1, 0.15) is 0 Å². The minimum Gasteiger partial charge on any atom is -0.481 e. The molecule has 0 aromatic rings. The summed E-state index contributed by atoms with van der Waals surface area (Å²) in [5, 5.41) is 8.64. The van der Waals surface area contributed by atoms with Crippen LogP contribution < -0.4 is 0 Å². The van der Waals surface area contributed by atoms with Crippen LogP contribution in [-0.4, -0.2) is 72.1 Å². The number of hydrogen-bond donors (Lipinski definition) is 1.